The second kappa shape index (κ2) is 8.06. The number of nitrogens with one attached hydrogen (secondary N) is 2. The van der Waals surface area contributed by atoms with Crippen LogP contribution in [0.5, 0.6) is 0 Å². The van der Waals surface area contributed by atoms with E-state index in [-0.39, 0.29) is 6.04 Å². The van der Waals surface area contributed by atoms with E-state index in [1.165, 1.54) is 6.07 Å². The molecule has 0 aliphatic carbocycles. The summed E-state index contributed by atoms with van der Waals surface area (Å²) in [4.78, 5) is 0. The van der Waals surface area contributed by atoms with Crippen LogP contribution in [0.1, 0.15) is 22.7 Å². The van der Waals surface area contributed by atoms with Crippen molar-refractivity contribution in [1.29, 1.82) is 0 Å². The topological polar surface area (TPSA) is 24.1 Å². The van der Waals surface area contributed by atoms with Crippen molar-refractivity contribution in [2.45, 2.75) is 13.0 Å². The molecule has 0 heterocycles. The van der Waals surface area contributed by atoms with Crippen molar-refractivity contribution in [2.24, 2.45) is 0 Å². The van der Waals surface area contributed by atoms with Crippen molar-refractivity contribution in [3.05, 3.63) is 101 Å². The molecule has 3 aromatic rings. The zero-order valence-electron chi connectivity index (χ0n) is 14.2. The van der Waals surface area contributed by atoms with Crippen molar-refractivity contribution < 1.29 is 8.78 Å². The molecule has 3 aromatic carbocycles. The molecule has 0 amide bonds. The SMILES string of the molecule is Cc1ccccc1[C@H](NC(=S)Nc1ccc(F)c(F)c1)c1ccccc1. The summed E-state index contributed by atoms with van der Waals surface area (Å²) < 4.78 is 26.5. The molecule has 0 aliphatic heterocycles. The van der Waals surface area contributed by atoms with Gasteiger partial charge in [0.2, 0.25) is 0 Å². The molecule has 0 unspecified atom stereocenters. The van der Waals surface area contributed by atoms with Crippen molar-refractivity contribution in [3.8, 4) is 0 Å². The Hall–Kier alpha value is -2.79. The maximum Gasteiger partial charge on any atom is 0.171 e. The average Bonchev–Trinajstić information content (AvgIpc) is 2.64. The van der Waals surface area contributed by atoms with E-state index in [9.17, 15) is 8.78 Å². The number of aryl methyl sites for hydroxylation is 1. The van der Waals surface area contributed by atoms with Gasteiger partial charge in [-0.3, -0.25) is 0 Å². The lowest BCUT2D eigenvalue weighted by molar-refractivity contribution is 0.509. The number of halogens is 2. The predicted molar refractivity (Wildman–Crippen MR) is 105 cm³/mol. The lowest BCUT2D eigenvalue weighted by atomic mass is 9.95. The van der Waals surface area contributed by atoms with Gasteiger partial charge in [0.1, 0.15) is 0 Å². The van der Waals surface area contributed by atoms with Crippen LogP contribution in [0.25, 0.3) is 0 Å². The Morgan fingerprint density at radius 2 is 1.58 bits per heavy atom. The van der Waals surface area contributed by atoms with E-state index in [1.807, 2.05) is 61.5 Å². The minimum atomic E-state index is -0.920. The first-order valence-electron chi connectivity index (χ1n) is 8.17. The van der Waals surface area contributed by atoms with Crippen LogP contribution >= 0.6 is 12.2 Å². The van der Waals surface area contributed by atoms with Gasteiger partial charge in [0.15, 0.2) is 16.7 Å². The van der Waals surface area contributed by atoms with Gasteiger partial charge in [-0.15, -0.1) is 0 Å². The van der Waals surface area contributed by atoms with Crippen molar-refractivity contribution in [3.63, 3.8) is 0 Å². The molecule has 0 fully saturated rings. The number of anilines is 1. The normalized spacial score (nSPS) is 11.7. The fourth-order valence-corrected chi connectivity index (χ4v) is 3.00. The fraction of sp³-hybridized carbons (Fsp3) is 0.0952. The number of benzene rings is 3. The van der Waals surface area contributed by atoms with Crippen LogP contribution in [0.2, 0.25) is 0 Å². The summed E-state index contributed by atoms with van der Waals surface area (Å²) in [7, 11) is 0. The minimum Gasteiger partial charge on any atom is -0.352 e. The van der Waals surface area contributed by atoms with E-state index >= 15 is 0 Å². The zero-order chi connectivity index (χ0) is 18.5. The standard InChI is InChI=1S/C21H18F2N2S/c1-14-7-5-6-10-17(14)20(15-8-3-2-4-9-15)25-21(26)24-16-11-12-18(22)19(23)13-16/h2-13,20H,1H3,(H2,24,25,26)/t20-/m1/s1. The zero-order valence-corrected chi connectivity index (χ0v) is 15.0. The fourth-order valence-electron chi connectivity index (χ4n) is 2.77. The first kappa shape index (κ1) is 18.0. The van der Waals surface area contributed by atoms with Crippen LogP contribution < -0.4 is 10.6 Å². The minimum absolute atomic E-state index is 0.164. The van der Waals surface area contributed by atoms with Gasteiger partial charge < -0.3 is 10.6 Å². The lowest BCUT2D eigenvalue weighted by Crippen LogP contribution is -2.33. The quantitative estimate of drug-likeness (QED) is 0.607. The number of rotatable bonds is 4. The largest absolute Gasteiger partial charge is 0.352 e. The Labute approximate surface area is 156 Å². The molecule has 0 aromatic heterocycles. The van der Waals surface area contributed by atoms with E-state index in [2.05, 4.69) is 10.6 Å². The number of hydrogen-bond donors (Lipinski definition) is 2. The Morgan fingerprint density at radius 3 is 2.27 bits per heavy atom. The summed E-state index contributed by atoms with van der Waals surface area (Å²) in [6.07, 6.45) is 0. The first-order chi connectivity index (χ1) is 12.5. The highest BCUT2D eigenvalue weighted by molar-refractivity contribution is 7.80. The predicted octanol–water partition coefficient (Wildman–Crippen LogP) is 5.35. The highest BCUT2D eigenvalue weighted by Gasteiger charge is 2.17. The number of hydrogen-bond acceptors (Lipinski definition) is 1. The first-order valence-corrected chi connectivity index (χ1v) is 8.58. The van der Waals surface area contributed by atoms with Crippen LogP contribution in [-0.2, 0) is 0 Å². The maximum absolute atomic E-state index is 13.4. The highest BCUT2D eigenvalue weighted by atomic mass is 32.1. The van der Waals surface area contributed by atoms with Crippen LogP contribution in [-0.4, -0.2) is 5.11 Å². The molecule has 0 saturated heterocycles. The second-order valence-electron chi connectivity index (χ2n) is 5.93. The summed E-state index contributed by atoms with van der Waals surface area (Å²) >= 11 is 5.39. The summed E-state index contributed by atoms with van der Waals surface area (Å²) in [6.45, 7) is 2.04. The Morgan fingerprint density at radius 1 is 0.885 bits per heavy atom. The third kappa shape index (κ3) is 4.24. The Balaban J connectivity index is 1.85. The van der Waals surface area contributed by atoms with E-state index in [1.54, 1.807) is 0 Å². The molecule has 0 bridgehead atoms. The smallest absolute Gasteiger partial charge is 0.171 e. The maximum atomic E-state index is 13.4. The van der Waals surface area contributed by atoms with E-state index < -0.39 is 11.6 Å². The van der Waals surface area contributed by atoms with Gasteiger partial charge >= 0.3 is 0 Å². The molecule has 2 N–H and O–H groups in total. The van der Waals surface area contributed by atoms with E-state index in [0.29, 0.717) is 10.8 Å². The molecule has 2 nitrogen and oxygen atoms in total. The molecule has 5 heteroatoms. The molecule has 132 valence electrons. The number of thiocarbonyl (C=S) groups is 1. The Bertz CT molecular complexity index is 913. The van der Waals surface area contributed by atoms with Gasteiger partial charge in [-0.1, -0.05) is 54.6 Å². The molecule has 0 aliphatic rings. The van der Waals surface area contributed by atoms with Crippen LogP contribution in [0, 0.1) is 18.6 Å². The van der Waals surface area contributed by atoms with Crippen molar-refractivity contribution in [2.75, 3.05) is 5.32 Å². The summed E-state index contributed by atoms with van der Waals surface area (Å²) in [5, 5.41) is 6.52. The van der Waals surface area contributed by atoms with Crippen molar-refractivity contribution in [1.82, 2.24) is 5.32 Å². The molecule has 1 atom stereocenters. The van der Waals surface area contributed by atoms with Crippen LogP contribution in [0.4, 0.5) is 14.5 Å². The molecule has 0 spiro atoms. The van der Waals surface area contributed by atoms with E-state index in [0.717, 1.165) is 28.8 Å². The van der Waals surface area contributed by atoms with Crippen LogP contribution in [0.15, 0.2) is 72.8 Å². The van der Waals surface area contributed by atoms with Gasteiger partial charge in [-0.2, -0.15) is 0 Å². The molecule has 0 saturated carbocycles. The van der Waals surface area contributed by atoms with Gasteiger partial charge in [-0.05, 0) is 48.0 Å². The summed E-state index contributed by atoms with van der Waals surface area (Å²) in [5.74, 6) is -1.81. The van der Waals surface area contributed by atoms with Crippen molar-refractivity contribution >= 4 is 23.0 Å². The molecule has 26 heavy (non-hydrogen) atoms. The second-order valence-corrected chi connectivity index (χ2v) is 6.34. The molecule has 3 rings (SSSR count). The van der Waals surface area contributed by atoms with Gasteiger partial charge in [0.25, 0.3) is 0 Å². The average molecular weight is 368 g/mol. The lowest BCUT2D eigenvalue weighted by Gasteiger charge is -2.23. The van der Waals surface area contributed by atoms with Gasteiger partial charge in [0.05, 0.1) is 6.04 Å². The van der Waals surface area contributed by atoms with Gasteiger partial charge in [-0.25, -0.2) is 8.78 Å². The summed E-state index contributed by atoms with van der Waals surface area (Å²) in [6, 6.07) is 21.4. The molecular weight excluding hydrogens is 350 g/mol. The Kier molecular flexibility index (Phi) is 5.58. The van der Waals surface area contributed by atoms with Crippen LogP contribution in [0.3, 0.4) is 0 Å². The monoisotopic (exact) mass is 368 g/mol. The molecular formula is C21H18F2N2S. The third-order valence-electron chi connectivity index (χ3n) is 4.09. The molecule has 0 radical (unpaired) electrons. The van der Waals surface area contributed by atoms with E-state index in [4.69, 9.17) is 12.2 Å². The third-order valence-corrected chi connectivity index (χ3v) is 4.31. The summed E-state index contributed by atoms with van der Waals surface area (Å²) in [5.41, 5.74) is 3.66. The van der Waals surface area contributed by atoms with Gasteiger partial charge in [0, 0.05) is 11.8 Å². The highest BCUT2D eigenvalue weighted by Crippen LogP contribution is 2.25.